The molecule has 0 aliphatic rings. The van der Waals surface area contributed by atoms with Crippen LogP contribution in [0.3, 0.4) is 0 Å². The average Bonchev–Trinajstić information content (AvgIpc) is 2.41. The smallest absolute Gasteiger partial charge is 0.123 e. The van der Waals surface area contributed by atoms with E-state index >= 15 is 0 Å². The first-order chi connectivity index (χ1) is 9.47. The van der Waals surface area contributed by atoms with Crippen molar-refractivity contribution in [2.45, 2.75) is 32.8 Å². The van der Waals surface area contributed by atoms with Crippen molar-refractivity contribution < 1.29 is 4.74 Å². The maximum Gasteiger partial charge on any atom is 0.123 e. The van der Waals surface area contributed by atoms with Gasteiger partial charge in [-0.05, 0) is 54.3 Å². The molecule has 106 valence electrons. The van der Waals surface area contributed by atoms with Gasteiger partial charge >= 0.3 is 0 Å². The summed E-state index contributed by atoms with van der Waals surface area (Å²) in [6.07, 6.45) is -0.00530. The van der Waals surface area contributed by atoms with Crippen LogP contribution in [0.5, 0.6) is 5.75 Å². The van der Waals surface area contributed by atoms with Gasteiger partial charge in [-0.15, -0.1) is 0 Å². The molecular weight excluding hydrogens is 314 g/mol. The topological polar surface area (TPSA) is 35.2 Å². The summed E-state index contributed by atoms with van der Waals surface area (Å²) < 4.78 is 7.20. The van der Waals surface area contributed by atoms with Gasteiger partial charge in [0.25, 0.3) is 0 Å². The Morgan fingerprint density at radius 3 is 2.25 bits per heavy atom. The van der Waals surface area contributed by atoms with Crippen molar-refractivity contribution in [1.82, 2.24) is 0 Å². The van der Waals surface area contributed by atoms with E-state index in [1.807, 2.05) is 36.4 Å². The summed E-state index contributed by atoms with van der Waals surface area (Å²) in [5.74, 6) is 1.36. The van der Waals surface area contributed by atoms with Crippen molar-refractivity contribution in [2.75, 3.05) is 5.73 Å². The lowest BCUT2D eigenvalue weighted by molar-refractivity contribution is 0.224. The van der Waals surface area contributed by atoms with Gasteiger partial charge in [0.2, 0.25) is 0 Å². The van der Waals surface area contributed by atoms with Crippen LogP contribution in [0.25, 0.3) is 0 Å². The van der Waals surface area contributed by atoms with Crippen LogP contribution in [0.15, 0.2) is 46.9 Å². The molecule has 0 heterocycles. The maximum absolute atomic E-state index is 6.13. The van der Waals surface area contributed by atoms with Crippen LogP contribution in [-0.2, 0) is 0 Å². The van der Waals surface area contributed by atoms with Gasteiger partial charge in [-0.3, -0.25) is 0 Å². The van der Waals surface area contributed by atoms with Gasteiger partial charge < -0.3 is 10.5 Å². The Kier molecular flexibility index (Phi) is 4.71. The van der Waals surface area contributed by atoms with Gasteiger partial charge in [0, 0.05) is 10.2 Å². The number of ether oxygens (including phenoxy) is 1. The second-order valence-electron chi connectivity index (χ2n) is 5.26. The lowest BCUT2D eigenvalue weighted by Crippen LogP contribution is -2.05. The van der Waals surface area contributed by atoms with Crippen molar-refractivity contribution in [3.05, 3.63) is 58.1 Å². The minimum Gasteiger partial charge on any atom is -0.486 e. The van der Waals surface area contributed by atoms with Crippen LogP contribution in [0, 0.1) is 0 Å². The molecule has 0 radical (unpaired) electrons. The maximum atomic E-state index is 6.13. The summed E-state index contributed by atoms with van der Waals surface area (Å²) in [7, 11) is 0. The highest BCUT2D eigenvalue weighted by molar-refractivity contribution is 9.10. The van der Waals surface area contributed by atoms with E-state index in [-0.39, 0.29) is 6.10 Å². The predicted molar refractivity (Wildman–Crippen MR) is 88.1 cm³/mol. The number of anilines is 1. The summed E-state index contributed by atoms with van der Waals surface area (Å²) in [5.41, 5.74) is 8.82. The zero-order chi connectivity index (χ0) is 14.7. The lowest BCUT2D eigenvalue weighted by Gasteiger charge is -2.19. The molecule has 0 aromatic heterocycles. The molecule has 20 heavy (non-hydrogen) atoms. The molecular formula is C17H20BrNO. The molecule has 0 amide bonds. The first-order valence-electron chi connectivity index (χ1n) is 6.79. The summed E-state index contributed by atoms with van der Waals surface area (Å²) >= 11 is 3.51. The molecule has 2 aromatic rings. The number of nitrogens with two attached hydrogens (primary N) is 1. The molecule has 2 rings (SSSR count). The Morgan fingerprint density at radius 2 is 1.65 bits per heavy atom. The first kappa shape index (κ1) is 14.9. The van der Waals surface area contributed by atoms with E-state index in [0.717, 1.165) is 21.5 Å². The molecule has 1 unspecified atom stereocenters. The third-order valence-electron chi connectivity index (χ3n) is 3.30. The Hall–Kier alpha value is -1.48. The Labute approximate surface area is 129 Å². The highest BCUT2D eigenvalue weighted by Crippen LogP contribution is 2.32. The summed E-state index contributed by atoms with van der Waals surface area (Å²) in [4.78, 5) is 0. The molecule has 1 atom stereocenters. The lowest BCUT2D eigenvalue weighted by atomic mass is 10.0. The third-order valence-corrected chi connectivity index (χ3v) is 3.80. The normalized spacial score (nSPS) is 12.4. The standard InChI is InChI=1S/C17H20BrNO/c1-11(2)16-10-14(18)6-9-17(16)20-12(3)13-4-7-15(19)8-5-13/h4-12H,19H2,1-3H3. The van der Waals surface area contributed by atoms with Crippen LogP contribution >= 0.6 is 15.9 Å². The number of hydrogen-bond acceptors (Lipinski definition) is 2. The van der Waals surface area contributed by atoms with Crippen molar-refractivity contribution >= 4 is 21.6 Å². The monoisotopic (exact) mass is 333 g/mol. The second kappa shape index (κ2) is 6.31. The summed E-state index contributed by atoms with van der Waals surface area (Å²) in [6, 6.07) is 14.0. The quantitative estimate of drug-likeness (QED) is 0.771. The van der Waals surface area contributed by atoms with Crippen molar-refractivity contribution in [2.24, 2.45) is 0 Å². The molecule has 0 saturated carbocycles. The van der Waals surface area contributed by atoms with Crippen LogP contribution < -0.4 is 10.5 Å². The summed E-state index contributed by atoms with van der Waals surface area (Å²) in [6.45, 7) is 6.39. The van der Waals surface area contributed by atoms with Crippen molar-refractivity contribution in [3.63, 3.8) is 0 Å². The van der Waals surface area contributed by atoms with E-state index < -0.39 is 0 Å². The summed E-state index contributed by atoms with van der Waals surface area (Å²) in [5, 5.41) is 0. The van der Waals surface area contributed by atoms with Crippen LogP contribution in [-0.4, -0.2) is 0 Å². The number of rotatable bonds is 4. The molecule has 0 aliphatic heterocycles. The molecule has 0 saturated heterocycles. The molecule has 0 bridgehead atoms. The van der Waals surface area contributed by atoms with Gasteiger partial charge in [-0.25, -0.2) is 0 Å². The minimum absolute atomic E-state index is 0.00530. The van der Waals surface area contributed by atoms with Crippen LogP contribution in [0.2, 0.25) is 0 Å². The van der Waals surface area contributed by atoms with Gasteiger partial charge in [0.15, 0.2) is 0 Å². The number of hydrogen-bond donors (Lipinski definition) is 1. The Bertz CT molecular complexity index is 578. The number of halogens is 1. The molecule has 2 aromatic carbocycles. The molecule has 0 fully saturated rings. The van der Waals surface area contributed by atoms with Crippen molar-refractivity contribution in [3.8, 4) is 5.75 Å². The molecule has 3 heteroatoms. The van der Waals surface area contributed by atoms with E-state index in [2.05, 4.69) is 42.8 Å². The zero-order valence-electron chi connectivity index (χ0n) is 12.1. The SMILES string of the molecule is CC(C)c1cc(Br)ccc1OC(C)c1ccc(N)cc1. The van der Waals surface area contributed by atoms with E-state index in [1.54, 1.807) is 0 Å². The van der Waals surface area contributed by atoms with E-state index in [9.17, 15) is 0 Å². The molecule has 0 aliphatic carbocycles. The van der Waals surface area contributed by atoms with Crippen molar-refractivity contribution in [1.29, 1.82) is 0 Å². The van der Waals surface area contributed by atoms with E-state index in [0.29, 0.717) is 5.92 Å². The zero-order valence-corrected chi connectivity index (χ0v) is 13.6. The van der Waals surface area contributed by atoms with Crippen LogP contribution in [0.4, 0.5) is 5.69 Å². The second-order valence-corrected chi connectivity index (χ2v) is 6.18. The fourth-order valence-corrected chi connectivity index (χ4v) is 2.48. The largest absolute Gasteiger partial charge is 0.486 e. The highest BCUT2D eigenvalue weighted by atomic mass is 79.9. The number of nitrogen functional groups attached to an aromatic ring is 1. The highest BCUT2D eigenvalue weighted by Gasteiger charge is 2.13. The van der Waals surface area contributed by atoms with E-state index in [4.69, 9.17) is 10.5 Å². The minimum atomic E-state index is -0.00530. The first-order valence-corrected chi connectivity index (χ1v) is 7.58. The molecule has 2 nitrogen and oxygen atoms in total. The molecule has 2 N–H and O–H groups in total. The van der Waals surface area contributed by atoms with Gasteiger partial charge in [-0.1, -0.05) is 41.9 Å². The van der Waals surface area contributed by atoms with Gasteiger partial charge in [0.05, 0.1) is 0 Å². The number of benzene rings is 2. The van der Waals surface area contributed by atoms with Crippen LogP contribution in [0.1, 0.15) is 43.9 Å². The average molecular weight is 334 g/mol. The Balaban J connectivity index is 2.23. The fourth-order valence-electron chi connectivity index (χ4n) is 2.10. The fraction of sp³-hybridized carbons (Fsp3) is 0.294. The van der Waals surface area contributed by atoms with Gasteiger partial charge in [-0.2, -0.15) is 0 Å². The molecule has 0 spiro atoms. The predicted octanol–water partition coefficient (Wildman–Crippen LogP) is 5.29. The third kappa shape index (κ3) is 3.54. The Morgan fingerprint density at radius 1 is 1.00 bits per heavy atom. The van der Waals surface area contributed by atoms with E-state index in [1.165, 1.54) is 5.56 Å². The van der Waals surface area contributed by atoms with Gasteiger partial charge in [0.1, 0.15) is 11.9 Å².